The molecule has 2 aliphatic heterocycles. The molecule has 3 heterocycles. The van der Waals surface area contributed by atoms with Crippen molar-refractivity contribution in [2.24, 2.45) is 11.7 Å². The van der Waals surface area contributed by atoms with E-state index in [0.29, 0.717) is 62.0 Å². The molecule has 0 radical (unpaired) electrons. The summed E-state index contributed by atoms with van der Waals surface area (Å²) in [6, 6.07) is 6.59. The number of hydrogen-bond acceptors (Lipinski definition) is 6. The van der Waals surface area contributed by atoms with Crippen LogP contribution in [0, 0.1) is 5.92 Å². The molecule has 9 heteroatoms. The van der Waals surface area contributed by atoms with Crippen molar-refractivity contribution in [2.75, 3.05) is 32.8 Å². The van der Waals surface area contributed by atoms with Gasteiger partial charge in [0.1, 0.15) is 11.7 Å². The molecule has 1 aromatic carbocycles. The van der Waals surface area contributed by atoms with E-state index < -0.39 is 17.6 Å². The van der Waals surface area contributed by atoms with Gasteiger partial charge in [-0.25, -0.2) is 14.4 Å². The van der Waals surface area contributed by atoms with Crippen LogP contribution in [0.3, 0.4) is 0 Å². The van der Waals surface area contributed by atoms with Gasteiger partial charge in [0.15, 0.2) is 0 Å². The fourth-order valence-corrected chi connectivity index (χ4v) is 5.18. The molecule has 0 bridgehead atoms. The fourth-order valence-electron chi connectivity index (χ4n) is 5.18. The van der Waals surface area contributed by atoms with Crippen molar-refractivity contribution in [3.63, 3.8) is 0 Å². The Morgan fingerprint density at radius 1 is 1.05 bits per heavy atom. The molecule has 0 aliphatic carbocycles. The van der Waals surface area contributed by atoms with E-state index in [-0.39, 0.29) is 5.91 Å². The first-order chi connectivity index (χ1) is 17.8. The lowest BCUT2D eigenvalue weighted by Crippen LogP contribution is -2.44. The summed E-state index contributed by atoms with van der Waals surface area (Å²) in [6.07, 6.45) is 7.74. The number of rotatable bonds is 10. The summed E-state index contributed by atoms with van der Waals surface area (Å²) in [7, 11) is 0. The third-order valence-electron chi connectivity index (χ3n) is 7.85. The van der Waals surface area contributed by atoms with Gasteiger partial charge >= 0.3 is 0 Å². The average molecular weight is 512 g/mol. The number of alkyl halides is 1. The summed E-state index contributed by atoms with van der Waals surface area (Å²) in [6.45, 7) is 7.25. The smallest absolute Gasteiger partial charge is 0.254 e. The van der Waals surface area contributed by atoms with Gasteiger partial charge in [-0.05, 0) is 69.7 Å². The summed E-state index contributed by atoms with van der Waals surface area (Å²) in [4.78, 5) is 37.1. The number of piperidine rings is 1. The number of primary amides is 1. The van der Waals surface area contributed by atoms with Crippen molar-refractivity contribution in [1.82, 2.24) is 19.8 Å². The maximum absolute atomic E-state index is 14.7. The third-order valence-corrected chi connectivity index (χ3v) is 7.85. The van der Waals surface area contributed by atoms with E-state index in [1.165, 1.54) is 0 Å². The molecule has 0 saturated carbocycles. The molecule has 2 aromatic rings. The minimum Gasteiger partial charge on any atom is -0.476 e. The molecule has 4 rings (SSSR count). The maximum Gasteiger partial charge on any atom is 0.254 e. The molecule has 2 N–H and O–H groups in total. The molecular formula is C28H38FN5O3. The molecule has 1 unspecified atom stereocenters. The molecule has 1 atom stereocenters. The zero-order valence-electron chi connectivity index (χ0n) is 21.9. The predicted octanol–water partition coefficient (Wildman–Crippen LogP) is 3.85. The first-order valence-corrected chi connectivity index (χ1v) is 13.4. The second-order valence-corrected chi connectivity index (χ2v) is 10.3. The Labute approximate surface area is 218 Å². The van der Waals surface area contributed by atoms with E-state index in [2.05, 4.69) is 14.9 Å². The molecule has 2 fully saturated rings. The SMILES string of the molecule is CCC(F)(CC)CN1CCC(COc2cnc(-c3ccc(C(=O)N4CCCC4C(N)=O)cc3)cn2)CC1. The number of hydrogen-bond donors (Lipinski definition) is 1. The van der Waals surface area contributed by atoms with Crippen LogP contribution in [0.4, 0.5) is 4.39 Å². The lowest BCUT2D eigenvalue weighted by molar-refractivity contribution is -0.121. The molecule has 1 aromatic heterocycles. The first-order valence-electron chi connectivity index (χ1n) is 13.4. The molecule has 8 nitrogen and oxygen atoms in total. The Bertz CT molecular complexity index is 1050. The van der Waals surface area contributed by atoms with Crippen molar-refractivity contribution in [3.8, 4) is 17.1 Å². The van der Waals surface area contributed by atoms with Gasteiger partial charge in [-0.15, -0.1) is 0 Å². The van der Waals surface area contributed by atoms with Crippen molar-refractivity contribution in [3.05, 3.63) is 42.2 Å². The molecular weight excluding hydrogens is 473 g/mol. The summed E-state index contributed by atoms with van der Waals surface area (Å²) in [5, 5.41) is 0. The zero-order valence-corrected chi connectivity index (χ0v) is 21.9. The summed E-state index contributed by atoms with van der Waals surface area (Å²) in [5.74, 6) is 0.250. The van der Waals surface area contributed by atoms with Crippen molar-refractivity contribution >= 4 is 11.8 Å². The number of ether oxygens (including phenoxy) is 1. The van der Waals surface area contributed by atoms with Gasteiger partial charge in [0.05, 0.1) is 24.7 Å². The van der Waals surface area contributed by atoms with E-state index in [9.17, 15) is 14.0 Å². The standard InChI is InChI=1S/C28H38FN5O3/c1-3-28(29,4-2)19-33-14-11-20(12-15-33)18-37-25-17-31-23(16-32-25)21-7-9-22(10-8-21)27(36)34-13-5-6-24(34)26(30)35/h7-10,16-17,20,24H,3-6,11-15,18-19H2,1-2H3,(H2,30,35). The van der Waals surface area contributed by atoms with Crippen LogP contribution in [-0.2, 0) is 4.79 Å². The Morgan fingerprint density at radius 2 is 1.76 bits per heavy atom. The van der Waals surface area contributed by atoms with Crippen LogP contribution in [0.5, 0.6) is 5.88 Å². The fraction of sp³-hybridized carbons (Fsp3) is 0.571. The number of carbonyl (C=O) groups excluding carboxylic acids is 2. The van der Waals surface area contributed by atoms with Gasteiger partial charge in [0.2, 0.25) is 11.8 Å². The number of carbonyl (C=O) groups is 2. The topological polar surface area (TPSA) is 102 Å². The van der Waals surface area contributed by atoms with Crippen molar-refractivity contribution < 1.29 is 18.7 Å². The minimum absolute atomic E-state index is 0.187. The monoisotopic (exact) mass is 511 g/mol. The highest BCUT2D eigenvalue weighted by molar-refractivity contribution is 5.98. The van der Waals surface area contributed by atoms with Crippen LogP contribution >= 0.6 is 0 Å². The quantitative estimate of drug-likeness (QED) is 0.520. The number of benzene rings is 1. The second kappa shape index (κ2) is 12.0. The molecule has 0 spiro atoms. The third kappa shape index (κ3) is 6.63. The normalized spacial score (nSPS) is 19.2. The summed E-state index contributed by atoms with van der Waals surface area (Å²) >= 11 is 0. The van der Waals surface area contributed by atoms with Crippen molar-refractivity contribution in [1.29, 1.82) is 0 Å². The number of aromatic nitrogens is 2. The Balaban J connectivity index is 1.26. The van der Waals surface area contributed by atoms with Crippen LogP contribution in [-0.4, -0.2) is 76.1 Å². The highest BCUT2D eigenvalue weighted by Gasteiger charge is 2.33. The van der Waals surface area contributed by atoms with Gasteiger partial charge in [0.25, 0.3) is 5.91 Å². The summed E-state index contributed by atoms with van der Waals surface area (Å²) < 4.78 is 20.6. The first kappa shape index (κ1) is 27.0. The summed E-state index contributed by atoms with van der Waals surface area (Å²) in [5.41, 5.74) is 6.38. The Hall–Kier alpha value is -3.07. The largest absolute Gasteiger partial charge is 0.476 e. The lowest BCUT2D eigenvalue weighted by atomic mass is 9.94. The minimum atomic E-state index is -1.08. The van der Waals surface area contributed by atoms with E-state index >= 15 is 0 Å². The molecule has 2 saturated heterocycles. The van der Waals surface area contributed by atoms with E-state index in [1.54, 1.807) is 29.4 Å². The highest BCUT2D eigenvalue weighted by atomic mass is 19.1. The molecule has 200 valence electrons. The number of halogens is 1. The van der Waals surface area contributed by atoms with Crippen molar-refractivity contribution in [2.45, 2.75) is 64.1 Å². The van der Waals surface area contributed by atoms with Crippen LogP contribution in [0.15, 0.2) is 36.7 Å². The highest BCUT2D eigenvalue weighted by Crippen LogP contribution is 2.26. The predicted molar refractivity (Wildman–Crippen MR) is 140 cm³/mol. The van der Waals surface area contributed by atoms with Gasteiger partial charge in [0, 0.05) is 24.2 Å². The second-order valence-electron chi connectivity index (χ2n) is 10.3. The van der Waals surface area contributed by atoms with E-state index in [4.69, 9.17) is 10.5 Å². The molecule has 2 aliphatic rings. The number of nitrogens with two attached hydrogens (primary N) is 1. The van der Waals surface area contributed by atoms with Gasteiger partial charge < -0.3 is 20.3 Å². The Morgan fingerprint density at radius 3 is 2.35 bits per heavy atom. The van der Waals surface area contributed by atoms with Crippen LogP contribution in [0.2, 0.25) is 0 Å². The van der Waals surface area contributed by atoms with Gasteiger partial charge in [-0.2, -0.15) is 0 Å². The maximum atomic E-state index is 14.7. The van der Waals surface area contributed by atoms with Crippen LogP contribution in [0.1, 0.15) is 62.7 Å². The molecule has 37 heavy (non-hydrogen) atoms. The van der Waals surface area contributed by atoms with E-state index in [0.717, 1.165) is 37.9 Å². The number of nitrogens with zero attached hydrogens (tertiary/aromatic N) is 4. The van der Waals surface area contributed by atoms with Gasteiger partial charge in [-0.3, -0.25) is 9.59 Å². The zero-order chi connectivity index (χ0) is 26.4. The number of amides is 2. The van der Waals surface area contributed by atoms with Gasteiger partial charge in [-0.1, -0.05) is 26.0 Å². The lowest BCUT2D eigenvalue weighted by Gasteiger charge is -2.36. The van der Waals surface area contributed by atoms with E-state index in [1.807, 2.05) is 26.0 Å². The Kier molecular flexibility index (Phi) is 8.74. The average Bonchev–Trinajstić information content (AvgIpc) is 3.43. The van der Waals surface area contributed by atoms with Crippen LogP contribution < -0.4 is 10.5 Å². The number of likely N-dealkylation sites (tertiary alicyclic amines) is 2. The molecule has 2 amide bonds. The van der Waals surface area contributed by atoms with Crippen LogP contribution in [0.25, 0.3) is 11.3 Å².